The van der Waals surface area contributed by atoms with Gasteiger partial charge >= 0.3 is 0 Å². The lowest BCUT2D eigenvalue weighted by atomic mass is 9.96. The Morgan fingerprint density at radius 3 is 2.88 bits per heavy atom. The average Bonchev–Trinajstić information content (AvgIpc) is 3.13. The summed E-state index contributed by atoms with van der Waals surface area (Å²) >= 11 is 9.37. The molecule has 4 N–H and O–H groups in total. The van der Waals surface area contributed by atoms with Crippen LogP contribution in [0.4, 0.5) is 10.2 Å². The second-order valence-electron chi connectivity index (χ2n) is 7.42. The average molecular weight is 536 g/mol. The SMILES string of the molecule is CCN/C=C(/Cc1cn(C)nc1-c1ccc(F)cc1[C@@H](C)Oc1cc(Br)cnc1N)C(=N)Cl. The van der Waals surface area contributed by atoms with Gasteiger partial charge in [-0.3, -0.25) is 10.1 Å². The number of anilines is 1. The van der Waals surface area contributed by atoms with Gasteiger partial charge in [-0.15, -0.1) is 0 Å². The van der Waals surface area contributed by atoms with E-state index in [4.69, 9.17) is 27.5 Å². The van der Waals surface area contributed by atoms with Crippen molar-refractivity contribution in [1.29, 1.82) is 5.41 Å². The number of hydrogen-bond donors (Lipinski definition) is 3. The Kier molecular flexibility index (Phi) is 8.10. The number of hydrogen-bond acceptors (Lipinski definition) is 6. The second kappa shape index (κ2) is 10.8. The van der Waals surface area contributed by atoms with E-state index in [0.29, 0.717) is 45.6 Å². The summed E-state index contributed by atoms with van der Waals surface area (Å²) in [6.07, 6.45) is 5.00. The van der Waals surface area contributed by atoms with Gasteiger partial charge < -0.3 is 15.8 Å². The van der Waals surface area contributed by atoms with Crippen LogP contribution < -0.4 is 15.8 Å². The first-order valence-corrected chi connectivity index (χ1v) is 11.4. The normalized spacial score (nSPS) is 12.5. The third kappa shape index (κ3) is 6.11. The third-order valence-electron chi connectivity index (χ3n) is 4.91. The van der Waals surface area contributed by atoms with Gasteiger partial charge in [0.15, 0.2) is 11.6 Å². The molecule has 1 atom stereocenters. The van der Waals surface area contributed by atoms with E-state index in [1.54, 1.807) is 29.2 Å². The maximum atomic E-state index is 14.3. The van der Waals surface area contributed by atoms with Gasteiger partial charge in [0.05, 0.1) is 5.69 Å². The molecule has 0 saturated carbocycles. The predicted molar refractivity (Wildman–Crippen MR) is 133 cm³/mol. The number of nitrogen functional groups attached to an aromatic ring is 1. The number of aryl methyl sites for hydroxylation is 1. The van der Waals surface area contributed by atoms with E-state index in [9.17, 15) is 4.39 Å². The van der Waals surface area contributed by atoms with E-state index in [2.05, 4.69) is 31.3 Å². The fraction of sp³-hybridized carbons (Fsp3) is 0.261. The monoisotopic (exact) mass is 534 g/mol. The third-order valence-corrected chi connectivity index (χ3v) is 5.58. The van der Waals surface area contributed by atoms with E-state index in [1.807, 2.05) is 27.1 Å². The van der Waals surface area contributed by atoms with Crippen molar-refractivity contribution in [3.8, 4) is 17.0 Å². The standard InChI is InChI=1S/C23H25BrClFN6O/c1-4-29-10-14(22(25)27)7-15-12-32(3)31-21(15)18-6-5-17(26)9-19(18)13(2)33-20-8-16(24)11-30-23(20)28/h5-6,8-13,27,29H,4,7H2,1-3H3,(H2,28,30)/b14-10-,27-22?/t13-/m1/s1. The number of allylic oxidation sites excluding steroid dienone is 1. The molecule has 0 saturated heterocycles. The molecule has 1 aromatic carbocycles. The molecule has 33 heavy (non-hydrogen) atoms. The minimum atomic E-state index is -0.549. The van der Waals surface area contributed by atoms with Crippen LogP contribution in [0.25, 0.3) is 11.3 Å². The molecule has 0 amide bonds. The quantitative estimate of drug-likeness (QED) is 0.320. The fourth-order valence-electron chi connectivity index (χ4n) is 3.38. The molecule has 0 aliphatic rings. The first-order chi connectivity index (χ1) is 15.7. The number of nitrogens with two attached hydrogens (primary N) is 1. The molecule has 0 spiro atoms. The Balaban J connectivity index is 2.03. The van der Waals surface area contributed by atoms with Crippen LogP contribution >= 0.6 is 27.5 Å². The lowest BCUT2D eigenvalue weighted by molar-refractivity contribution is 0.227. The van der Waals surface area contributed by atoms with Crippen LogP contribution in [0.1, 0.15) is 31.1 Å². The van der Waals surface area contributed by atoms with Crippen molar-refractivity contribution in [3.63, 3.8) is 0 Å². The van der Waals surface area contributed by atoms with Crippen LogP contribution in [0.5, 0.6) is 5.75 Å². The summed E-state index contributed by atoms with van der Waals surface area (Å²) in [5.74, 6) is 0.234. The lowest BCUT2D eigenvalue weighted by Crippen LogP contribution is -2.10. The zero-order valence-electron chi connectivity index (χ0n) is 18.5. The maximum absolute atomic E-state index is 14.3. The van der Waals surface area contributed by atoms with Crippen molar-refractivity contribution in [2.45, 2.75) is 26.4 Å². The molecule has 0 bridgehead atoms. The van der Waals surface area contributed by atoms with Crippen molar-refractivity contribution in [1.82, 2.24) is 20.1 Å². The van der Waals surface area contributed by atoms with E-state index in [1.165, 1.54) is 12.1 Å². The maximum Gasteiger partial charge on any atom is 0.166 e. The van der Waals surface area contributed by atoms with Gasteiger partial charge in [0.2, 0.25) is 0 Å². The number of halogens is 3. The van der Waals surface area contributed by atoms with Crippen LogP contribution in [0.15, 0.2) is 52.9 Å². The minimum Gasteiger partial charge on any atom is -0.482 e. The molecule has 0 aliphatic heterocycles. The van der Waals surface area contributed by atoms with E-state index in [-0.39, 0.29) is 11.0 Å². The van der Waals surface area contributed by atoms with Crippen LogP contribution in [-0.2, 0) is 13.5 Å². The van der Waals surface area contributed by atoms with Gasteiger partial charge in [-0.2, -0.15) is 5.10 Å². The molecule has 3 aromatic rings. The summed E-state index contributed by atoms with van der Waals surface area (Å²) in [6, 6.07) is 6.21. The summed E-state index contributed by atoms with van der Waals surface area (Å²) < 4.78 is 22.7. The highest BCUT2D eigenvalue weighted by Crippen LogP contribution is 2.35. The fourth-order valence-corrected chi connectivity index (χ4v) is 3.81. The molecule has 3 rings (SSSR count). The molecule has 0 aliphatic carbocycles. The molecule has 2 aromatic heterocycles. The lowest BCUT2D eigenvalue weighted by Gasteiger charge is -2.19. The molecule has 7 nitrogen and oxygen atoms in total. The molecule has 2 heterocycles. The Labute approximate surface area is 205 Å². The van der Waals surface area contributed by atoms with Crippen molar-refractivity contribution < 1.29 is 9.13 Å². The van der Waals surface area contributed by atoms with E-state index < -0.39 is 11.9 Å². The van der Waals surface area contributed by atoms with Crippen LogP contribution in [0.3, 0.4) is 0 Å². The van der Waals surface area contributed by atoms with Crippen LogP contribution in [-0.4, -0.2) is 26.5 Å². The molecule has 10 heteroatoms. The number of rotatable bonds is 9. The Morgan fingerprint density at radius 2 is 2.18 bits per heavy atom. The van der Waals surface area contributed by atoms with Gasteiger partial charge in [0.1, 0.15) is 17.1 Å². The number of aromatic nitrogens is 3. The number of nitrogens with one attached hydrogen (secondary N) is 2. The first-order valence-electron chi connectivity index (χ1n) is 10.3. The Bertz CT molecular complexity index is 1200. The van der Waals surface area contributed by atoms with Crippen LogP contribution in [0, 0.1) is 11.2 Å². The zero-order valence-corrected chi connectivity index (χ0v) is 20.8. The number of ether oxygens (including phenoxy) is 1. The summed E-state index contributed by atoms with van der Waals surface area (Å²) in [6.45, 7) is 4.48. The van der Waals surface area contributed by atoms with Gasteiger partial charge in [-0.1, -0.05) is 11.6 Å². The van der Waals surface area contributed by atoms with E-state index in [0.717, 1.165) is 5.56 Å². The second-order valence-corrected chi connectivity index (χ2v) is 8.72. The summed E-state index contributed by atoms with van der Waals surface area (Å²) in [7, 11) is 1.81. The molecular formula is C23H25BrClFN6O. The topological polar surface area (TPSA) is 102 Å². The molecular weight excluding hydrogens is 511 g/mol. The summed E-state index contributed by atoms with van der Waals surface area (Å²) in [5.41, 5.74) is 9.39. The highest BCUT2D eigenvalue weighted by molar-refractivity contribution is 9.10. The summed E-state index contributed by atoms with van der Waals surface area (Å²) in [5, 5.41) is 15.5. The van der Waals surface area contributed by atoms with Crippen molar-refractivity contribution in [3.05, 3.63) is 69.8 Å². The highest BCUT2D eigenvalue weighted by Gasteiger charge is 2.21. The van der Waals surface area contributed by atoms with Gasteiger partial charge in [-0.25, -0.2) is 9.37 Å². The Morgan fingerprint density at radius 1 is 1.42 bits per heavy atom. The zero-order chi connectivity index (χ0) is 24.1. The molecule has 174 valence electrons. The number of pyridine rings is 1. The van der Waals surface area contributed by atoms with Gasteiger partial charge in [0.25, 0.3) is 0 Å². The molecule has 0 fully saturated rings. The number of nitrogens with zero attached hydrogens (tertiary/aromatic N) is 3. The largest absolute Gasteiger partial charge is 0.482 e. The molecule has 0 unspecified atom stereocenters. The Hall–Kier alpha value is -2.91. The predicted octanol–water partition coefficient (Wildman–Crippen LogP) is 5.36. The molecule has 0 radical (unpaired) electrons. The smallest absolute Gasteiger partial charge is 0.166 e. The first kappa shape index (κ1) is 24.7. The van der Waals surface area contributed by atoms with Crippen molar-refractivity contribution in [2.75, 3.05) is 12.3 Å². The van der Waals surface area contributed by atoms with Crippen LogP contribution in [0.2, 0.25) is 0 Å². The summed E-state index contributed by atoms with van der Waals surface area (Å²) in [4.78, 5) is 4.09. The van der Waals surface area contributed by atoms with Gasteiger partial charge in [-0.05, 0) is 54.0 Å². The van der Waals surface area contributed by atoms with E-state index >= 15 is 0 Å². The number of benzene rings is 1. The minimum absolute atomic E-state index is 0.0561. The van der Waals surface area contributed by atoms with Crippen molar-refractivity contribution >= 4 is 38.5 Å². The van der Waals surface area contributed by atoms with Crippen molar-refractivity contribution in [2.24, 2.45) is 7.05 Å². The van der Waals surface area contributed by atoms with Gasteiger partial charge in [0, 0.05) is 65.3 Å². The highest BCUT2D eigenvalue weighted by atomic mass is 79.9.